The van der Waals surface area contributed by atoms with Crippen LogP contribution in [0.4, 0.5) is 14.7 Å². The van der Waals surface area contributed by atoms with Crippen molar-refractivity contribution in [2.45, 2.75) is 24.9 Å². The van der Waals surface area contributed by atoms with E-state index in [0.717, 1.165) is 18.9 Å². The molecule has 1 amide bonds. The fraction of sp³-hybridized carbons (Fsp3) is 0.308. The number of fused-ring (bicyclic) bond motifs is 1. The first kappa shape index (κ1) is 24.6. The van der Waals surface area contributed by atoms with Crippen molar-refractivity contribution in [3.8, 4) is 5.75 Å². The lowest BCUT2D eigenvalue weighted by atomic mass is 10.0. The molecule has 0 radical (unpaired) electrons. The molecule has 1 atom stereocenters. The Hall–Kier alpha value is -4.12. The zero-order valence-electron chi connectivity index (χ0n) is 20.4. The molecule has 0 saturated carbocycles. The van der Waals surface area contributed by atoms with E-state index in [-0.39, 0.29) is 22.7 Å². The molecule has 1 unspecified atom stereocenters. The lowest BCUT2D eigenvalue weighted by Crippen LogP contribution is -2.29. The van der Waals surface area contributed by atoms with Crippen LogP contribution in [0.15, 0.2) is 48.9 Å². The summed E-state index contributed by atoms with van der Waals surface area (Å²) >= 11 is 0. The number of hydrogen-bond acceptors (Lipinski definition) is 7. The molecule has 11 heteroatoms. The van der Waals surface area contributed by atoms with Crippen LogP contribution in [0.2, 0.25) is 0 Å². The standard InChI is InChI=1S/C26H26F2N6O3/c1-34-14-17(12-30-34)24(15-3-4-23(36-2)21(28)9-15)33-25(35)16-10-20(27)19-13-29-26(32-22(19)11-16)31-18-5-7-37-8-6-18/h3-4,9-14,18,24H,5-8H2,1-2H3,(H,33,35)(H,29,31,32). The molecule has 192 valence electrons. The molecule has 9 nitrogen and oxygen atoms in total. The van der Waals surface area contributed by atoms with Gasteiger partial charge < -0.3 is 20.1 Å². The normalized spacial score (nSPS) is 14.9. The molecule has 0 aliphatic carbocycles. The van der Waals surface area contributed by atoms with Gasteiger partial charge in [0, 0.05) is 49.8 Å². The molecule has 5 rings (SSSR count). The maximum Gasteiger partial charge on any atom is 0.252 e. The van der Waals surface area contributed by atoms with Gasteiger partial charge in [0.1, 0.15) is 5.82 Å². The third kappa shape index (κ3) is 5.36. The zero-order chi connectivity index (χ0) is 25.9. The van der Waals surface area contributed by atoms with E-state index in [1.54, 1.807) is 30.2 Å². The molecule has 3 heterocycles. The number of benzene rings is 2. The quantitative estimate of drug-likeness (QED) is 0.392. The molecular formula is C26H26F2N6O3. The Labute approximate surface area is 211 Å². The summed E-state index contributed by atoms with van der Waals surface area (Å²) in [6, 6.07) is 6.51. The van der Waals surface area contributed by atoms with Gasteiger partial charge in [-0.25, -0.2) is 18.7 Å². The van der Waals surface area contributed by atoms with Gasteiger partial charge >= 0.3 is 0 Å². The van der Waals surface area contributed by atoms with Crippen LogP contribution in [0.3, 0.4) is 0 Å². The van der Waals surface area contributed by atoms with Crippen molar-refractivity contribution in [3.05, 3.63) is 77.2 Å². The van der Waals surface area contributed by atoms with E-state index in [4.69, 9.17) is 9.47 Å². The highest BCUT2D eigenvalue weighted by Crippen LogP contribution is 2.27. The van der Waals surface area contributed by atoms with Gasteiger partial charge in [0.15, 0.2) is 11.6 Å². The average molecular weight is 509 g/mol. The SMILES string of the molecule is COc1ccc(C(NC(=O)c2cc(F)c3cnc(NC4CCOCC4)nc3c2)c2cnn(C)c2)cc1F. The fourth-order valence-electron chi connectivity index (χ4n) is 4.34. The highest BCUT2D eigenvalue weighted by molar-refractivity contribution is 5.98. The molecule has 0 spiro atoms. The Kier molecular flexibility index (Phi) is 6.95. The van der Waals surface area contributed by atoms with E-state index in [0.29, 0.717) is 35.8 Å². The minimum absolute atomic E-state index is 0.0728. The lowest BCUT2D eigenvalue weighted by Gasteiger charge is -2.23. The summed E-state index contributed by atoms with van der Waals surface area (Å²) in [5.74, 6) is -1.29. The zero-order valence-corrected chi connectivity index (χ0v) is 20.4. The number of carbonyl (C=O) groups is 1. The van der Waals surface area contributed by atoms with Crippen LogP contribution in [-0.2, 0) is 11.8 Å². The second-order valence-electron chi connectivity index (χ2n) is 8.86. The summed E-state index contributed by atoms with van der Waals surface area (Å²) in [6.45, 7) is 1.31. The van der Waals surface area contributed by atoms with Gasteiger partial charge in [-0.1, -0.05) is 6.07 Å². The Balaban J connectivity index is 1.44. The molecule has 2 N–H and O–H groups in total. The maximum atomic E-state index is 14.9. The molecule has 37 heavy (non-hydrogen) atoms. The number of hydrogen-bond donors (Lipinski definition) is 2. The number of halogens is 2. The first-order valence-electron chi connectivity index (χ1n) is 11.8. The van der Waals surface area contributed by atoms with Crippen molar-refractivity contribution in [3.63, 3.8) is 0 Å². The molecule has 2 aromatic carbocycles. The van der Waals surface area contributed by atoms with Crippen molar-refractivity contribution < 1.29 is 23.0 Å². The maximum absolute atomic E-state index is 14.9. The summed E-state index contributed by atoms with van der Waals surface area (Å²) in [4.78, 5) is 22.0. The third-order valence-corrected chi connectivity index (χ3v) is 6.31. The topological polar surface area (TPSA) is 103 Å². The Morgan fingerprint density at radius 1 is 1.14 bits per heavy atom. The van der Waals surface area contributed by atoms with Crippen LogP contribution in [0.25, 0.3) is 10.9 Å². The van der Waals surface area contributed by atoms with Gasteiger partial charge in [-0.3, -0.25) is 9.48 Å². The van der Waals surface area contributed by atoms with Gasteiger partial charge in [0.05, 0.1) is 30.3 Å². The average Bonchev–Trinajstić information content (AvgIpc) is 3.33. The van der Waals surface area contributed by atoms with Crippen molar-refractivity contribution in [1.82, 2.24) is 25.1 Å². The Morgan fingerprint density at radius 2 is 1.95 bits per heavy atom. The van der Waals surface area contributed by atoms with Gasteiger partial charge in [-0.15, -0.1) is 0 Å². The van der Waals surface area contributed by atoms with E-state index in [9.17, 15) is 13.6 Å². The van der Waals surface area contributed by atoms with Crippen LogP contribution in [-0.4, -0.2) is 52.0 Å². The third-order valence-electron chi connectivity index (χ3n) is 6.31. The van der Waals surface area contributed by atoms with Crippen molar-refractivity contribution >= 4 is 22.8 Å². The van der Waals surface area contributed by atoms with Crippen LogP contribution < -0.4 is 15.4 Å². The van der Waals surface area contributed by atoms with Gasteiger partial charge in [-0.2, -0.15) is 5.10 Å². The lowest BCUT2D eigenvalue weighted by molar-refractivity contribution is 0.0903. The fourth-order valence-corrected chi connectivity index (χ4v) is 4.34. The number of methoxy groups -OCH3 is 1. The number of anilines is 1. The number of rotatable bonds is 7. The van der Waals surface area contributed by atoms with Crippen molar-refractivity contribution in [1.29, 1.82) is 0 Å². The summed E-state index contributed by atoms with van der Waals surface area (Å²) in [6.07, 6.45) is 6.34. The predicted octanol–water partition coefficient (Wildman–Crippen LogP) is 3.76. The molecule has 2 aromatic heterocycles. The van der Waals surface area contributed by atoms with Crippen molar-refractivity contribution in [2.24, 2.45) is 7.05 Å². The van der Waals surface area contributed by atoms with Gasteiger partial charge in [0.25, 0.3) is 5.91 Å². The first-order chi connectivity index (χ1) is 17.9. The smallest absolute Gasteiger partial charge is 0.252 e. The number of ether oxygens (including phenoxy) is 2. The summed E-state index contributed by atoms with van der Waals surface area (Å²) < 4.78 is 41.4. The molecule has 0 bridgehead atoms. The summed E-state index contributed by atoms with van der Waals surface area (Å²) in [5.41, 5.74) is 1.48. The largest absolute Gasteiger partial charge is 0.494 e. The first-order valence-corrected chi connectivity index (χ1v) is 11.8. The molecule has 4 aromatic rings. The number of aromatic nitrogens is 4. The molecule has 1 aliphatic rings. The highest BCUT2D eigenvalue weighted by Gasteiger charge is 2.22. The minimum Gasteiger partial charge on any atom is -0.494 e. The second kappa shape index (κ2) is 10.5. The Morgan fingerprint density at radius 3 is 2.65 bits per heavy atom. The number of amides is 1. The molecule has 1 aliphatic heterocycles. The van der Waals surface area contributed by atoms with Crippen LogP contribution >= 0.6 is 0 Å². The molecule has 1 saturated heterocycles. The van der Waals surface area contributed by atoms with E-state index >= 15 is 0 Å². The molecule has 1 fully saturated rings. The van der Waals surface area contributed by atoms with Crippen molar-refractivity contribution in [2.75, 3.05) is 25.6 Å². The monoisotopic (exact) mass is 508 g/mol. The van der Waals surface area contributed by atoms with Crippen LogP contribution in [0, 0.1) is 11.6 Å². The van der Waals surface area contributed by atoms with E-state index in [1.807, 2.05) is 0 Å². The van der Waals surface area contributed by atoms with Gasteiger partial charge in [-0.05, 0) is 42.7 Å². The van der Waals surface area contributed by atoms with Crippen LogP contribution in [0.5, 0.6) is 5.75 Å². The Bertz CT molecular complexity index is 1440. The van der Waals surface area contributed by atoms with Crippen LogP contribution in [0.1, 0.15) is 40.4 Å². The predicted molar refractivity (Wildman–Crippen MR) is 132 cm³/mol. The number of nitrogens with one attached hydrogen (secondary N) is 2. The van der Waals surface area contributed by atoms with E-state index in [1.165, 1.54) is 31.5 Å². The van der Waals surface area contributed by atoms with E-state index < -0.39 is 23.6 Å². The number of nitrogens with zero attached hydrogens (tertiary/aromatic N) is 4. The highest BCUT2D eigenvalue weighted by atomic mass is 19.1. The summed E-state index contributed by atoms with van der Waals surface area (Å²) in [5, 5.41) is 10.5. The molecular weight excluding hydrogens is 482 g/mol. The number of carbonyl (C=O) groups excluding carboxylic acids is 1. The second-order valence-corrected chi connectivity index (χ2v) is 8.86. The summed E-state index contributed by atoms with van der Waals surface area (Å²) in [7, 11) is 3.11. The number of aryl methyl sites for hydroxylation is 1. The minimum atomic E-state index is -0.739. The van der Waals surface area contributed by atoms with E-state index in [2.05, 4.69) is 25.7 Å². The van der Waals surface area contributed by atoms with Gasteiger partial charge in [0.2, 0.25) is 5.95 Å².